The van der Waals surface area contributed by atoms with E-state index in [0.29, 0.717) is 28.6 Å². The number of amides is 1. The minimum absolute atomic E-state index is 0.0324. The minimum atomic E-state index is -2.94. The van der Waals surface area contributed by atoms with Crippen molar-refractivity contribution in [3.05, 3.63) is 77.6 Å². The Hall–Kier alpha value is -3.88. The SMILES string of the molecule is CC1CC(c2ccccc2OC(F)F)n2c1nc1cc(F)c(-c3ccc(C(N)=O)nc3)cc12. The van der Waals surface area contributed by atoms with Gasteiger partial charge < -0.3 is 15.0 Å². The summed E-state index contributed by atoms with van der Waals surface area (Å²) in [7, 11) is 0. The highest BCUT2D eigenvalue weighted by Crippen LogP contribution is 2.45. The summed E-state index contributed by atoms with van der Waals surface area (Å²) in [5.74, 6) is -0.273. The Labute approximate surface area is 186 Å². The normalized spacial score (nSPS) is 17.5. The molecule has 2 atom stereocenters. The fraction of sp³-hybridized carbons (Fsp3) is 0.208. The number of carbonyl (C=O) groups is 1. The summed E-state index contributed by atoms with van der Waals surface area (Å²) in [5.41, 5.74) is 7.82. The van der Waals surface area contributed by atoms with Crippen LogP contribution in [0.15, 0.2) is 54.7 Å². The van der Waals surface area contributed by atoms with Crippen LogP contribution in [0.25, 0.3) is 22.2 Å². The maximum Gasteiger partial charge on any atom is 0.387 e. The van der Waals surface area contributed by atoms with Crippen LogP contribution in [-0.2, 0) is 0 Å². The molecule has 9 heteroatoms. The van der Waals surface area contributed by atoms with Crippen molar-refractivity contribution >= 4 is 16.9 Å². The number of carbonyl (C=O) groups excluding carboxylic acids is 1. The topological polar surface area (TPSA) is 83.0 Å². The van der Waals surface area contributed by atoms with E-state index in [0.717, 1.165) is 5.82 Å². The van der Waals surface area contributed by atoms with Gasteiger partial charge in [0.15, 0.2) is 0 Å². The van der Waals surface area contributed by atoms with E-state index in [-0.39, 0.29) is 29.0 Å². The first kappa shape index (κ1) is 21.0. The number of hydrogen-bond donors (Lipinski definition) is 1. The zero-order valence-corrected chi connectivity index (χ0v) is 17.5. The largest absolute Gasteiger partial charge is 0.434 e. The highest BCUT2D eigenvalue weighted by atomic mass is 19.3. The van der Waals surface area contributed by atoms with Crippen LogP contribution in [0, 0.1) is 5.82 Å². The number of alkyl halides is 2. The van der Waals surface area contributed by atoms with Crippen molar-refractivity contribution < 1.29 is 22.7 Å². The molecule has 0 radical (unpaired) electrons. The van der Waals surface area contributed by atoms with E-state index < -0.39 is 18.3 Å². The van der Waals surface area contributed by atoms with Crippen LogP contribution in [0.2, 0.25) is 0 Å². The fourth-order valence-corrected chi connectivity index (χ4v) is 4.50. The number of para-hydroxylation sites is 1. The third-order valence-electron chi connectivity index (χ3n) is 5.96. The van der Waals surface area contributed by atoms with E-state index in [9.17, 15) is 18.0 Å². The van der Waals surface area contributed by atoms with Gasteiger partial charge >= 0.3 is 6.61 Å². The number of nitrogens with two attached hydrogens (primary N) is 1. The third kappa shape index (κ3) is 3.59. The van der Waals surface area contributed by atoms with Crippen LogP contribution in [0.1, 0.15) is 47.2 Å². The number of nitrogens with zero attached hydrogens (tertiary/aromatic N) is 3. The molecule has 33 heavy (non-hydrogen) atoms. The monoisotopic (exact) mass is 452 g/mol. The van der Waals surface area contributed by atoms with Gasteiger partial charge in [0.25, 0.3) is 5.91 Å². The highest BCUT2D eigenvalue weighted by Gasteiger charge is 2.34. The van der Waals surface area contributed by atoms with Gasteiger partial charge in [-0.15, -0.1) is 0 Å². The van der Waals surface area contributed by atoms with Crippen molar-refractivity contribution in [2.45, 2.75) is 31.9 Å². The number of halogens is 3. The molecule has 2 N–H and O–H groups in total. The fourth-order valence-electron chi connectivity index (χ4n) is 4.50. The van der Waals surface area contributed by atoms with Crippen LogP contribution < -0.4 is 10.5 Å². The molecule has 0 saturated carbocycles. The molecule has 0 saturated heterocycles. The summed E-state index contributed by atoms with van der Waals surface area (Å²) in [6, 6.07) is 12.4. The van der Waals surface area contributed by atoms with Crippen molar-refractivity contribution in [2.75, 3.05) is 0 Å². The molecule has 0 aliphatic carbocycles. The first-order valence-corrected chi connectivity index (χ1v) is 10.3. The van der Waals surface area contributed by atoms with Crippen molar-refractivity contribution in [1.29, 1.82) is 0 Å². The molecular formula is C24H19F3N4O2. The Morgan fingerprint density at radius 1 is 1.21 bits per heavy atom. The Balaban J connectivity index is 1.66. The van der Waals surface area contributed by atoms with Gasteiger partial charge in [0, 0.05) is 34.9 Å². The quantitative estimate of drug-likeness (QED) is 0.460. The Morgan fingerprint density at radius 2 is 2.00 bits per heavy atom. The molecule has 0 fully saturated rings. The lowest BCUT2D eigenvalue weighted by Gasteiger charge is -2.19. The molecule has 5 rings (SSSR count). The van der Waals surface area contributed by atoms with Crippen LogP contribution >= 0.6 is 0 Å². The van der Waals surface area contributed by atoms with E-state index in [1.165, 1.54) is 24.4 Å². The van der Waals surface area contributed by atoms with E-state index in [4.69, 9.17) is 10.5 Å². The van der Waals surface area contributed by atoms with Gasteiger partial charge in [0.1, 0.15) is 23.1 Å². The Bertz CT molecular complexity index is 1370. The predicted octanol–water partition coefficient (Wildman–Crippen LogP) is 5.03. The number of rotatable bonds is 5. The summed E-state index contributed by atoms with van der Waals surface area (Å²) in [4.78, 5) is 19.9. The first-order valence-electron chi connectivity index (χ1n) is 10.3. The molecule has 1 aliphatic heterocycles. The van der Waals surface area contributed by atoms with Gasteiger partial charge in [-0.3, -0.25) is 9.78 Å². The van der Waals surface area contributed by atoms with Gasteiger partial charge in [-0.05, 0) is 24.6 Å². The smallest absolute Gasteiger partial charge is 0.387 e. The Kier molecular flexibility index (Phi) is 5.03. The summed E-state index contributed by atoms with van der Waals surface area (Å²) in [5, 5.41) is 0. The number of imidazole rings is 1. The molecule has 2 aromatic carbocycles. The van der Waals surface area contributed by atoms with Crippen LogP contribution in [0.3, 0.4) is 0 Å². The van der Waals surface area contributed by atoms with E-state index >= 15 is 0 Å². The first-order chi connectivity index (χ1) is 15.8. The number of pyridine rings is 1. The summed E-state index contributed by atoms with van der Waals surface area (Å²) < 4.78 is 47.7. The minimum Gasteiger partial charge on any atom is -0.434 e. The van der Waals surface area contributed by atoms with Gasteiger partial charge in [-0.25, -0.2) is 9.37 Å². The molecule has 0 spiro atoms. The van der Waals surface area contributed by atoms with Crippen LogP contribution in [0.5, 0.6) is 5.75 Å². The second-order valence-electron chi connectivity index (χ2n) is 8.03. The average Bonchev–Trinajstić information content (AvgIpc) is 3.30. The number of primary amides is 1. The van der Waals surface area contributed by atoms with Crippen LogP contribution in [0.4, 0.5) is 13.2 Å². The lowest BCUT2D eigenvalue weighted by Crippen LogP contribution is -2.12. The van der Waals surface area contributed by atoms with Gasteiger partial charge in [-0.2, -0.15) is 8.78 Å². The van der Waals surface area contributed by atoms with Gasteiger partial charge in [-0.1, -0.05) is 31.2 Å². The average molecular weight is 452 g/mol. The third-order valence-corrected chi connectivity index (χ3v) is 5.96. The zero-order valence-electron chi connectivity index (χ0n) is 17.5. The molecular weight excluding hydrogens is 433 g/mol. The molecule has 0 bridgehead atoms. The highest BCUT2D eigenvalue weighted by molar-refractivity contribution is 5.91. The number of aromatic nitrogens is 3. The molecule has 6 nitrogen and oxygen atoms in total. The Morgan fingerprint density at radius 3 is 2.70 bits per heavy atom. The number of fused-ring (bicyclic) bond motifs is 3. The number of ether oxygens (including phenoxy) is 1. The predicted molar refractivity (Wildman–Crippen MR) is 116 cm³/mol. The maximum atomic E-state index is 15.0. The lowest BCUT2D eigenvalue weighted by molar-refractivity contribution is -0.0506. The van der Waals surface area contributed by atoms with E-state index in [1.54, 1.807) is 30.3 Å². The second-order valence-corrected chi connectivity index (χ2v) is 8.03. The van der Waals surface area contributed by atoms with E-state index in [1.807, 2.05) is 11.5 Å². The van der Waals surface area contributed by atoms with Crippen molar-refractivity contribution in [1.82, 2.24) is 14.5 Å². The molecule has 3 heterocycles. The number of benzene rings is 2. The van der Waals surface area contributed by atoms with Gasteiger partial charge in [0.2, 0.25) is 0 Å². The van der Waals surface area contributed by atoms with Crippen molar-refractivity contribution in [3.8, 4) is 16.9 Å². The molecule has 168 valence electrons. The lowest BCUT2D eigenvalue weighted by atomic mass is 9.98. The maximum absolute atomic E-state index is 15.0. The summed E-state index contributed by atoms with van der Waals surface area (Å²) >= 11 is 0. The summed E-state index contributed by atoms with van der Waals surface area (Å²) in [6.07, 6.45) is 2.03. The number of hydrogen-bond acceptors (Lipinski definition) is 4. The van der Waals surface area contributed by atoms with Gasteiger partial charge in [0.05, 0.1) is 17.1 Å². The zero-order chi connectivity index (χ0) is 23.3. The van der Waals surface area contributed by atoms with Crippen LogP contribution in [-0.4, -0.2) is 27.1 Å². The molecule has 1 amide bonds. The van der Waals surface area contributed by atoms with Crippen molar-refractivity contribution in [3.63, 3.8) is 0 Å². The molecule has 2 unspecified atom stereocenters. The van der Waals surface area contributed by atoms with Crippen molar-refractivity contribution in [2.24, 2.45) is 5.73 Å². The van der Waals surface area contributed by atoms with E-state index in [2.05, 4.69) is 9.97 Å². The standard InChI is InChI=1S/C24H19F3N4O2/c1-12-8-19(14-4-2-3-5-21(14)33-24(26)27)31-20-9-15(16(25)10-18(20)30-23(12)31)13-6-7-17(22(28)32)29-11-13/h2-7,9-12,19,24H,8H2,1H3,(H2,28,32). The molecule has 2 aromatic heterocycles. The second kappa shape index (κ2) is 7.91. The molecule has 4 aromatic rings. The molecule has 1 aliphatic rings. The summed E-state index contributed by atoms with van der Waals surface area (Å²) in [6.45, 7) is -0.946.